The van der Waals surface area contributed by atoms with Gasteiger partial charge in [-0.25, -0.2) is 9.37 Å². The molecule has 1 aromatic heterocycles. The van der Waals surface area contributed by atoms with E-state index < -0.39 is 0 Å². The van der Waals surface area contributed by atoms with Gasteiger partial charge in [0.05, 0.1) is 6.61 Å². The predicted molar refractivity (Wildman–Crippen MR) is 85.4 cm³/mol. The molecule has 0 aliphatic rings. The molecule has 0 saturated heterocycles. The highest BCUT2D eigenvalue weighted by Gasteiger charge is 2.10. The number of phenolic OH excluding ortho intramolecular Hbond substituents is 1. The number of halogens is 1. The molecule has 0 unspecified atom stereocenters. The third kappa shape index (κ3) is 3.62. The summed E-state index contributed by atoms with van der Waals surface area (Å²) in [6.07, 6.45) is 0. The van der Waals surface area contributed by atoms with Crippen molar-refractivity contribution >= 4 is 0 Å². The van der Waals surface area contributed by atoms with Gasteiger partial charge in [0.2, 0.25) is 0 Å². The average Bonchev–Trinajstić information content (AvgIpc) is 3.04. The number of ether oxygens (including phenoxy) is 2. The van der Waals surface area contributed by atoms with Crippen molar-refractivity contribution in [3.05, 3.63) is 54.1 Å². The lowest BCUT2D eigenvalue weighted by molar-refractivity contribution is 0.295. The molecule has 124 valence electrons. The van der Waals surface area contributed by atoms with Crippen LogP contribution in [0.5, 0.6) is 17.2 Å². The molecule has 2 N–H and O–H groups in total. The Kier molecular flexibility index (Phi) is 4.60. The molecule has 3 aromatic rings. The third-order valence-corrected chi connectivity index (χ3v) is 3.22. The lowest BCUT2D eigenvalue weighted by atomic mass is 10.2. The molecule has 7 heteroatoms. The van der Waals surface area contributed by atoms with E-state index in [9.17, 15) is 9.50 Å². The van der Waals surface area contributed by atoms with Crippen LogP contribution in [0.25, 0.3) is 11.4 Å². The molecular weight excluding hydrogens is 313 g/mol. The minimum Gasteiger partial charge on any atom is -0.504 e. The molecule has 2 aromatic carbocycles. The number of nitrogens with zero attached hydrogens (tertiary/aromatic N) is 2. The van der Waals surface area contributed by atoms with E-state index in [1.54, 1.807) is 24.3 Å². The van der Waals surface area contributed by atoms with Gasteiger partial charge >= 0.3 is 0 Å². The van der Waals surface area contributed by atoms with E-state index in [4.69, 9.17) is 9.47 Å². The third-order valence-electron chi connectivity index (χ3n) is 3.22. The van der Waals surface area contributed by atoms with E-state index in [0.29, 0.717) is 35.3 Å². The summed E-state index contributed by atoms with van der Waals surface area (Å²) in [5.41, 5.74) is 0.699. The maximum absolute atomic E-state index is 13.1. The summed E-state index contributed by atoms with van der Waals surface area (Å²) in [6.45, 7) is 2.41. The molecule has 0 radical (unpaired) electrons. The molecule has 0 aliphatic heterocycles. The van der Waals surface area contributed by atoms with Gasteiger partial charge < -0.3 is 14.6 Å². The second-order valence-electron chi connectivity index (χ2n) is 4.97. The summed E-state index contributed by atoms with van der Waals surface area (Å²) < 4.78 is 23.9. The van der Waals surface area contributed by atoms with E-state index in [-0.39, 0.29) is 18.2 Å². The van der Waals surface area contributed by atoms with Crippen molar-refractivity contribution in [1.82, 2.24) is 15.2 Å². The molecule has 0 bridgehead atoms. The Balaban J connectivity index is 1.72. The number of H-pyrrole nitrogens is 1. The molecule has 0 fully saturated rings. The molecular formula is C17H16FN3O3. The van der Waals surface area contributed by atoms with Crippen molar-refractivity contribution in [2.45, 2.75) is 13.5 Å². The number of aromatic hydroxyl groups is 1. The highest BCUT2D eigenvalue weighted by Crippen LogP contribution is 2.30. The van der Waals surface area contributed by atoms with Crippen LogP contribution in [0.2, 0.25) is 0 Å². The number of nitrogens with one attached hydrogen (secondary N) is 1. The van der Waals surface area contributed by atoms with Crippen molar-refractivity contribution in [1.29, 1.82) is 0 Å². The van der Waals surface area contributed by atoms with Crippen LogP contribution in [-0.4, -0.2) is 26.9 Å². The maximum atomic E-state index is 13.1. The Bertz CT molecular complexity index is 835. The van der Waals surface area contributed by atoms with Gasteiger partial charge in [0.1, 0.15) is 18.2 Å². The number of phenols is 1. The van der Waals surface area contributed by atoms with Crippen LogP contribution in [-0.2, 0) is 6.61 Å². The van der Waals surface area contributed by atoms with Gasteiger partial charge in [-0.05, 0) is 37.3 Å². The van der Waals surface area contributed by atoms with Crippen LogP contribution in [0.15, 0.2) is 42.5 Å². The molecule has 1 heterocycles. The quantitative estimate of drug-likeness (QED) is 0.725. The van der Waals surface area contributed by atoms with Gasteiger partial charge in [-0.2, -0.15) is 5.10 Å². The molecule has 24 heavy (non-hydrogen) atoms. The van der Waals surface area contributed by atoms with Crippen LogP contribution < -0.4 is 9.47 Å². The Morgan fingerprint density at radius 1 is 1.17 bits per heavy atom. The number of benzene rings is 2. The first-order valence-electron chi connectivity index (χ1n) is 7.41. The Morgan fingerprint density at radius 3 is 2.83 bits per heavy atom. The van der Waals surface area contributed by atoms with Gasteiger partial charge in [0.15, 0.2) is 23.1 Å². The Hall–Kier alpha value is -3.09. The van der Waals surface area contributed by atoms with Gasteiger partial charge in [-0.3, -0.25) is 5.10 Å². The van der Waals surface area contributed by atoms with Gasteiger partial charge in [0, 0.05) is 11.6 Å². The number of hydrogen-bond donors (Lipinski definition) is 2. The lowest BCUT2D eigenvalue weighted by Crippen LogP contribution is -1.98. The van der Waals surface area contributed by atoms with Crippen molar-refractivity contribution in [2.75, 3.05) is 6.61 Å². The van der Waals surface area contributed by atoms with E-state index >= 15 is 0 Å². The SMILES string of the molecule is CCOc1cc(-c2n[nH]c(COc3cccc(F)c3)n2)ccc1O. The average molecular weight is 329 g/mol. The van der Waals surface area contributed by atoms with Gasteiger partial charge in [0.25, 0.3) is 0 Å². The smallest absolute Gasteiger partial charge is 0.181 e. The van der Waals surface area contributed by atoms with Gasteiger partial charge in [-0.15, -0.1) is 0 Å². The Labute approximate surface area is 137 Å². The molecule has 0 saturated carbocycles. The van der Waals surface area contributed by atoms with Crippen LogP contribution in [0.4, 0.5) is 4.39 Å². The second-order valence-corrected chi connectivity index (χ2v) is 4.97. The number of aromatic nitrogens is 3. The number of aromatic amines is 1. The van der Waals surface area contributed by atoms with Crippen molar-refractivity contribution < 1.29 is 19.0 Å². The highest BCUT2D eigenvalue weighted by atomic mass is 19.1. The molecule has 0 amide bonds. The number of rotatable bonds is 6. The summed E-state index contributed by atoms with van der Waals surface area (Å²) >= 11 is 0. The van der Waals surface area contributed by atoms with Crippen LogP contribution in [0.1, 0.15) is 12.7 Å². The minimum absolute atomic E-state index is 0.0609. The zero-order chi connectivity index (χ0) is 16.9. The fraction of sp³-hybridized carbons (Fsp3) is 0.176. The Morgan fingerprint density at radius 2 is 2.04 bits per heavy atom. The monoisotopic (exact) mass is 329 g/mol. The molecule has 0 atom stereocenters. The van der Waals surface area contributed by atoms with Crippen LogP contribution in [0.3, 0.4) is 0 Å². The largest absolute Gasteiger partial charge is 0.504 e. The molecule has 0 aliphatic carbocycles. The maximum Gasteiger partial charge on any atom is 0.181 e. The fourth-order valence-corrected chi connectivity index (χ4v) is 2.12. The van der Waals surface area contributed by atoms with Crippen LogP contribution in [0, 0.1) is 5.82 Å². The van der Waals surface area contributed by atoms with Crippen LogP contribution >= 0.6 is 0 Å². The summed E-state index contributed by atoms with van der Waals surface area (Å²) in [7, 11) is 0. The lowest BCUT2D eigenvalue weighted by Gasteiger charge is -2.06. The summed E-state index contributed by atoms with van der Waals surface area (Å²) in [5, 5.41) is 16.6. The van der Waals surface area contributed by atoms with E-state index in [1.807, 2.05) is 6.92 Å². The first-order valence-corrected chi connectivity index (χ1v) is 7.41. The molecule has 0 spiro atoms. The fourth-order valence-electron chi connectivity index (χ4n) is 2.12. The first kappa shape index (κ1) is 15.8. The van der Waals surface area contributed by atoms with E-state index in [2.05, 4.69) is 15.2 Å². The number of hydrogen-bond acceptors (Lipinski definition) is 5. The van der Waals surface area contributed by atoms with E-state index in [1.165, 1.54) is 18.2 Å². The van der Waals surface area contributed by atoms with E-state index in [0.717, 1.165) is 0 Å². The molecule has 6 nitrogen and oxygen atoms in total. The standard InChI is InChI=1S/C17H16FN3O3/c1-2-23-15-8-11(6-7-14(15)22)17-19-16(20-21-17)10-24-13-5-3-4-12(18)9-13/h3-9,22H,2,10H2,1H3,(H,19,20,21). The first-order chi connectivity index (χ1) is 11.7. The normalized spacial score (nSPS) is 10.6. The van der Waals surface area contributed by atoms with Crippen molar-refractivity contribution in [3.8, 4) is 28.6 Å². The predicted octanol–water partition coefficient (Wildman–Crippen LogP) is 3.29. The zero-order valence-corrected chi connectivity index (χ0v) is 13.0. The molecule has 3 rings (SSSR count). The second kappa shape index (κ2) is 6.99. The zero-order valence-electron chi connectivity index (χ0n) is 13.0. The minimum atomic E-state index is -0.363. The summed E-state index contributed by atoms with van der Waals surface area (Å²) in [6, 6.07) is 10.8. The van der Waals surface area contributed by atoms with Crippen molar-refractivity contribution in [3.63, 3.8) is 0 Å². The topological polar surface area (TPSA) is 80.3 Å². The summed E-state index contributed by atoms with van der Waals surface area (Å²) in [5.74, 6) is 1.44. The summed E-state index contributed by atoms with van der Waals surface area (Å²) in [4.78, 5) is 4.33. The van der Waals surface area contributed by atoms with Gasteiger partial charge in [-0.1, -0.05) is 6.07 Å². The highest BCUT2D eigenvalue weighted by molar-refractivity contribution is 5.60. The van der Waals surface area contributed by atoms with Crippen molar-refractivity contribution in [2.24, 2.45) is 0 Å².